The normalized spacial score (nSPS) is 19.6. The fourth-order valence-corrected chi connectivity index (χ4v) is 3.81. The Morgan fingerprint density at radius 3 is 2.68 bits per heavy atom. The number of nitrogens with zero attached hydrogens (tertiary/aromatic N) is 1. The molecule has 2 aromatic carbocycles. The molecule has 0 saturated heterocycles. The van der Waals surface area contributed by atoms with Crippen molar-refractivity contribution >= 4 is 29.1 Å². The number of isothiocyanates is 1. The lowest BCUT2D eigenvalue weighted by atomic mass is 9.88. The van der Waals surface area contributed by atoms with Gasteiger partial charge in [0.2, 0.25) is 0 Å². The van der Waals surface area contributed by atoms with Crippen LogP contribution in [0.4, 0.5) is 14.5 Å². The molecule has 1 fully saturated rings. The van der Waals surface area contributed by atoms with Crippen LogP contribution >= 0.6 is 12.2 Å². The lowest BCUT2D eigenvalue weighted by molar-refractivity contribution is 0.599. The molecule has 2 aliphatic carbocycles. The highest BCUT2D eigenvalue weighted by Crippen LogP contribution is 2.44. The van der Waals surface area contributed by atoms with Crippen LogP contribution in [-0.2, 0) is 6.42 Å². The smallest absolute Gasteiger partial charge is 0.151 e. The van der Waals surface area contributed by atoms with E-state index in [9.17, 15) is 8.78 Å². The van der Waals surface area contributed by atoms with Crippen molar-refractivity contribution in [2.45, 2.75) is 32.6 Å². The molecular weight excluding hydrogens is 372 g/mol. The quantitative estimate of drug-likeness (QED) is 0.332. The molecule has 0 bridgehead atoms. The Hall–Kier alpha value is -2.60. The predicted molar refractivity (Wildman–Crippen MR) is 112 cm³/mol. The largest absolute Gasteiger partial charge is 0.206 e. The van der Waals surface area contributed by atoms with Gasteiger partial charge in [0.05, 0.1) is 10.7 Å². The molecule has 2 aliphatic rings. The summed E-state index contributed by atoms with van der Waals surface area (Å²) in [7, 11) is 0. The summed E-state index contributed by atoms with van der Waals surface area (Å²) < 4.78 is 28.0. The summed E-state index contributed by atoms with van der Waals surface area (Å²) >= 11 is 4.43. The van der Waals surface area contributed by atoms with Crippen LogP contribution in [-0.4, -0.2) is 5.16 Å². The summed E-state index contributed by atoms with van der Waals surface area (Å²) in [6.45, 7) is 2.32. The Labute approximate surface area is 169 Å². The number of hydrogen-bond acceptors (Lipinski definition) is 2. The number of benzene rings is 2. The summed E-state index contributed by atoms with van der Waals surface area (Å²) in [6, 6.07) is 8.08. The third kappa shape index (κ3) is 4.12. The molecule has 28 heavy (non-hydrogen) atoms. The number of thiocarbonyl (C=S) groups is 1. The molecule has 1 nitrogen and oxygen atoms in total. The second kappa shape index (κ2) is 7.80. The molecule has 1 saturated carbocycles. The average Bonchev–Trinajstić information content (AvgIpc) is 3.37. The number of halogens is 2. The van der Waals surface area contributed by atoms with Crippen LogP contribution in [0.3, 0.4) is 0 Å². The Bertz CT molecular complexity index is 1080. The molecule has 4 rings (SSSR count). The monoisotopic (exact) mass is 391 g/mol. The first-order valence-corrected chi connectivity index (χ1v) is 9.85. The highest BCUT2D eigenvalue weighted by molar-refractivity contribution is 7.78. The minimum absolute atomic E-state index is 0.000672. The number of fused-ring (bicyclic) bond motifs is 1. The van der Waals surface area contributed by atoms with E-state index in [4.69, 9.17) is 0 Å². The van der Waals surface area contributed by atoms with Gasteiger partial charge in [0.1, 0.15) is 11.5 Å². The summed E-state index contributed by atoms with van der Waals surface area (Å²) in [5.74, 6) is 6.12. The van der Waals surface area contributed by atoms with Gasteiger partial charge in [-0.15, -0.1) is 0 Å². The van der Waals surface area contributed by atoms with Gasteiger partial charge in [-0.3, -0.25) is 0 Å². The van der Waals surface area contributed by atoms with Crippen molar-refractivity contribution in [2.24, 2.45) is 16.8 Å². The molecule has 0 radical (unpaired) electrons. The molecule has 140 valence electrons. The van der Waals surface area contributed by atoms with E-state index in [0.29, 0.717) is 0 Å². The highest BCUT2D eigenvalue weighted by Gasteiger charge is 2.33. The van der Waals surface area contributed by atoms with Crippen molar-refractivity contribution in [3.8, 4) is 11.8 Å². The lowest BCUT2D eigenvalue weighted by Crippen LogP contribution is -2.01. The van der Waals surface area contributed by atoms with E-state index in [1.807, 2.05) is 11.2 Å². The van der Waals surface area contributed by atoms with Gasteiger partial charge in [0.25, 0.3) is 0 Å². The van der Waals surface area contributed by atoms with Gasteiger partial charge in [0.15, 0.2) is 5.82 Å². The van der Waals surface area contributed by atoms with E-state index in [2.05, 4.69) is 54.2 Å². The number of aryl methyl sites for hydroxylation is 1. The van der Waals surface area contributed by atoms with E-state index >= 15 is 0 Å². The van der Waals surface area contributed by atoms with E-state index in [0.717, 1.165) is 42.4 Å². The molecule has 0 aromatic heterocycles. The standard InChI is InChI=1S/C24H19F2NS/c1-15-8-21(15)11-17-4-6-18-9-16(2-5-19(18)10-17)3-7-20-12-23(26)24(27-14-28)13-22(20)25/h2,5,9-10,12-13,15,21H,4,6,8,11H2,1H3. The SMILES string of the molecule is CC1CC1CC1=Cc2ccc(C#Cc3cc(F)c(N=C=S)cc3F)cc2CC1. The number of rotatable bonds is 3. The van der Waals surface area contributed by atoms with Crippen molar-refractivity contribution in [1.29, 1.82) is 0 Å². The van der Waals surface area contributed by atoms with Gasteiger partial charge in [-0.2, -0.15) is 4.99 Å². The molecule has 2 atom stereocenters. The topological polar surface area (TPSA) is 12.4 Å². The van der Waals surface area contributed by atoms with Crippen molar-refractivity contribution in [2.75, 3.05) is 0 Å². The minimum atomic E-state index is -0.670. The zero-order valence-electron chi connectivity index (χ0n) is 15.6. The molecular formula is C24H19F2NS. The summed E-state index contributed by atoms with van der Waals surface area (Å²) in [5.41, 5.74) is 4.68. The van der Waals surface area contributed by atoms with Crippen LogP contribution in [0.15, 0.2) is 40.9 Å². The van der Waals surface area contributed by atoms with Crippen LogP contribution in [0.25, 0.3) is 6.08 Å². The maximum absolute atomic E-state index is 14.1. The Kier molecular flexibility index (Phi) is 5.22. The third-order valence-electron chi connectivity index (χ3n) is 5.56. The summed E-state index contributed by atoms with van der Waals surface area (Å²) in [5, 5.41) is 2.04. The predicted octanol–water partition coefficient (Wildman–Crippen LogP) is 6.47. The number of hydrogen-bond donors (Lipinski definition) is 0. The van der Waals surface area contributed by atoms with Crippen LogP contribution in [0.2, 0.25) is 0 Å². The highest BCUT2D eigenvalue weighted by atomic mass is 32.1. The van der Waals surface area contributed by atoms with Crippen LogP contribution in [0, 0.1) is 35.3 Å². The Morgan fingerprint density at radius 2 is 1.93 bits per heavy atom. The first-order valence-electron chi connectivity index (χ1n) is 9.45. The molecule has 0 N–H and O–H groups in total. The second-order valence-electron chi connectivity index (χ2n) is 7.63. The molecule has 0 aliphatic heterocycles. The maximum Gasteiger partial charge on any atom is 0.151 e. The van der Waals surface area contributed by atoms with Gasteiger partial charge >= 0.3 is 0 Å². The Balaban J connectivity index is 1.55. The van der Waals surface area contributed by atoms with Gasteiger partial charge in [-0.25, -0.2) is 8.78 Å². The van der Waals surface area contributed by atoms with Gasteiger partial charge in [-0.1, -0.05) is 36.5 Å². The van der Waals surface area contributed by atoms with Gasteiger partial charge in [0, 0.05) is 11.6 Å². The van der Waals surface area contributed by atoms with Crippen molar-refractivity contribution in [1.82, 2.24) is 0 Å². The summed E-state index contributed by atoms with van der Waals surface area (Å²) in [4.78, 5) is 3.50. The summed E-state index contributed by atoms with van der Waals surface area (Å²) in [6.07, 6.45) is 6.98. The van der Waals surface area contributed by atoms with Gasteiger partial charge < -0.3 is 0 Å². The van der Waals surface area contributed by atoms with E-state index in [1.54, 1.807) is 0 Å². The first-order chi connectivity index (χ1) is 13.5. The molecule has 2 aromatic rings. The van der Waals surface area contributed by atoms with Crippen LogP contribution in [0.5, 0.6) is 0 Å². The van der Waals surface area contributed by atoms with E-state index < -0.39 is 11.6 Å². The molecule has 4 heteroatoms. The minimum Gasteiger partial charge on any atom is -0.206 e. The van der Waals surface area contributed by atoms with Crippen LogP contribution < -0.4 is 0 Å². The van der Waals surface area contributed by atoms with E-state index in [1.165, 1.54) is 29.5 Å². The Morgan fingerprint density at radius 1 is 1.11 bits per heavy atom. The molecule has 2 unspecified atom stereocenters. The second-order valence-corrected chi connectivity index (χ2v) is 7.81. The first kappa shape index (κ1) is 18.7. The average molecular weight is 391 g/mol. The van der Waals surface area contributed by atoms with Crippen molar-refractivity contribution in [3.05, 3.63) is 69.8 Å². The fraction of sp³-hybridized carbons (Fsp3) is 0.292. The molecule has 0 heterocycles. The zero-order chi connectivity index (χ0) is 19.7. The van der Waals surface area contributed by atoms with Crippen LogP contribution in [0.1, 0.15) is 48.4 Å². The lowest BCUT2D eigenvalue weighted by Gasteiger charge is -2.17. The fourth-order valence-electron chi connectivity index (χ4n) is 3.72. The zero-order valence-corrected chi connectivity index (χ0v) is 16.4. The molecule has 0 amide bonds. The van der Waals surface area contributed by atoms with Crippen molar-refractivity contribution < 1.29 is 8.78 Å². The maximum atomic E-state index is 14.1. The number of allylic oxidation sites excluding steroid dienone is 1. The third-order valence-corrected chi connectivity index (χ3v) is 5.65. The molecule has 0 spiro atoms. The van der Waals surface area contributed by atoms with Gasteiger partial charge in [-0.05, 0) is 79.1 Å². The number of aliphatic imine (C=N–C) groups is 1. The van der Waals surface area contributed by atoms with Crippen molar-refractivity contribution in [3.63, 3.8) is 0 Å². The van der Waals surface area contributed by atoms with E-state index in [-0.39, 0.29) is 11.3 Å².